The van der Waals surface area contributed by atoms with Crippen molar-refractivity contribution in [2.24, 2.45) is 0 Å². The van der Waals surface area contributed by atoms with Crippen LogP contribution in [0.25, 0.3) is 0 Å². The molecule has 65 valence electrons. The molecule has 0 unspecified atom stereocenters. The highest BCUT2D eigenvalue weighted by molar-refractivity contribution is 5.38. The first-order valence-electron chi connectivity index (χ1n) is 2.89. The summed E-state index contributed by atoms with van der Waals surface area (Å²) in [7, 11) is 4.10. The van der Waals surface area contributed by atoms with Crippen molar-refractivity contribution in [2.45, 2.75) is 5.97 Å². The van der Waals surface area contributed by atoms with E-state index in [1.165, 1.54) is 27.8 Å². The van der Waals surface area contributed by atoms with Crippen molar-refractivity contribution in [1.29, 1.82) is 0 Å². The monoisotopic (exact) mass is 163 g/mol. The molecule has 0 atom stereocenters. The fraction of sp³-hybridized carbons (Fsp3) is 0.833. The topological polar surface area (TPSA) is 54.0 Å². The van der Waals surface area contributed by atoms with Gasteiger partial charge in [0.15, 0.2) is 0 Å². The molecule has 1 radical (unpaired) electrons. The lowest BCUT2D eigenvalue weighted by Gasteiger charge is -2.25. The van der Waals surface area contributed by atoms with Crippen molar-refractivity contribution in [3.05, 3.63) is 0 Å². The largest absolute Gasteiger partial charge is 0.421 e. The summed E-state index contributed by atoms with van der Waals surface area (Å²) in [6.07, 6.45) is 0. The Morgan fingerprint density at radius 3 is 2.09 bits per heavy atom. The third-order valence-corrected chi connectivity index (χ3v) is 1.14. The maximum Gasteiger partial charge on any atom is 0.421 e. The zero-order valence-corrected chi connectivity index (χ0v) is 6.75. The maximum atomic E-state index is 9.85. The third kappa shape index (κ3) is 2.83. The summed E-state index contributed by atoms with van der Waals surface area (Å²) >= 11 is 0. The lowest BCUT2D eigenvalue weighted by molar-refractivity contribution is -0.344. The van der Waals surface area contributed by atoms with Gasteiger partial charge in [0.1, 0.15) is 6.61 Å². The van der Waals surface area contributed by atoms with Gasteiger partial charge < -0.3 is 18.9 Å². The minimum Gasteiger partial charge on any atom is -0.397 e. The van der Waals surface area contributed by atoms with E-state index in [-0.39, 0.29) is 6.61 Å². The Hall–Kier alpha value is -0.650. The van der Waals surface area contributed by atoms with Crippen molar-refractivity contribution in [2.75, 3.05) is 27.9 Å². The molecule has 0 amide bonds. The molecule has 0 aliphatic carbocycles. The van der Waals surface area contributed by atoms with E-state index < -0.39 is 5.97 Å². The first kappa shape index (κ1) is 10.3. The lowest BCUT2D eigenvalue weighted by atomic mass is 10.6. The highest BCUT2D eigenvalue weighted by Gasteiger charge is 2.32. The van der Waals surface area contributed by atoms with Crippen molar-refractivity contribution >= 4 is 6.47 Å². The summed E-state index contributed by atoms with van der Waals surface area (Å²) in [5.74, 6) is -1.46. The van der Waals surface area contributed by atoms with Gasteiger partial charge in [0.25, 0.3) is 0 Å². The minimum atomic E-state index is -1.46. The Morgan fingerprint density at radius 2 is 1.82 bits per heavy atom. The summed E-state index contributed by atoms with van der Waals surface area (Å²) in [6, 6.07) is 0. The average molecular weight is 163 g/mol. The lowest BCUT2D eigenvalue weighted by Crippen LogP contribution is -2.41. The van der Waals surface area contributed by atoms with Crippen LogP contribution < -0.4 is 0 Å². The van der Waals surface area contributed by atoms with Gasteiger partial charge in [-0.25, -0.2) is 4.79 Å². The molecule has 11 heavy (non-hydrogen) atoms. The Labute approximate surface area is 65.2 Å². The normalized spacial score (nSPS) is 11.2. The van der Waals surface area contributed by atoms with E-state index in [0.717, 1.165) is 0 Å². The summed E-state index contributed by atoms with van der Waals surface area (Å²) in [5, 5.41) is 0. The van der Waals surface area contributed by atoms with Gasteiger partial charge in [0.2, 0.25) is 0 Å². The fourth-order valence-electron chi connectivity index (χ4n) is 0.554. The van der Waals surface area contributed by atoms with Crippen LogP contribution in [0.5, 0.6) is 0 Å². The summed E-state index contributed by atoms with van der Waals surface area (Å²) in [5.41, 5.74) is 0. The van der Waals surface area contributed by atoms with Crippen LogP contribution in [0.2, 0.25) is 0 Å². The predicted octanol–water partition coefficient (Wildman–Crippen LogP) is -0.337. The fourth-order valence-corrected chi connectivity index (χ4v) is 0.554. The Balaban J connectivity index is 4.06. The smallest absolute Gasteiger partial charge is 0.397 e. The van der Waals surface area contributed by atoms with E-state index in [0.29, 0.717) is 0 Å². The molecular formula is C6H11O5. The molecule has 0 spiro atoms. The van der Waals surface area contributed by atoms with Crippen molar-refractivity contribution < 1.29 is 23.7 Å². The second-order valence-electron chi connectivity index (χ2n) is 1.71. The molecule has 0 rings (SSSR count). The number of hydrogen-bond donors (Lipinski definition) is 0. The number of carbonyl (C=O) groups excluding carboxylic acids is 1. The van der Waals surface area contributed by atoms with E-state index in [1.807, 2.05) is 0 Å². The van der Waals surface area contributed by atoms with Gasteiger partial charge in [-0.1, -0.05) is 0 Å². The van der Waals surface area contributed by atoms with Crippen LogP contribution in [0, 0.1) is 0 Å². The second kappa shape index (κ2) is 5.06. The molecule has 0 saturated heterocycles. The van der Waals surface area contributed by atoms with Crippen LogP contribution in [-0.4, -0.2) is 40.4 Å². The van der Waals surface area contributed by atoms with E-state index in [4.69, 9.17) is 9.47 Å². The number of ether oxygens (including phenoxy) is 4. The molecule has 0 saturated carbocycles. The Kier molecular flexibility index (Phi) is 4.76. The summed E-state index contributed by atoms with van der Waals surface area (Å²) in [6.45, 7) is 1.21. The standard InChI is InChI=1S/C6H11O5/c1-8-4-6(9-2,10-3)11-5-7/h4H2,1-3H3. The van der Waals surface area contributed by atoms with Crippen molar-refractivity contribution in [3.63, 3.8) is 0 Å². The first-order chi connectivity index (χ1) is 5.24. The van der Waals surface area contributed by atoms with E-state index in [1.54, 1.807) is 0 Å². The van der Waals surface area contributed by atoms with Gasteiger partial charge in [-0.3, -0.25) is 0 Å². The molecule has 0 aromatic heterocycles. The summed E-state index contributed by atoms with van der Waals surface area (Å²) < 4.78 is 18.6. The molecule has 0 fully saturated rings. The Bertz CT molecular complexity index is 110. The zero-order valence-electron chi connectivity index (χ0n) is 6.75. The zero-order chi connectivity index (χ0) is 8.74. The molecule has 0 aliphatic rings. The van der Waals surface area contributed by atoms with Gasteiger partial charge in [0.05, 0.1) is 0 Å². The van der Waals surface area contributed by atoms with Crippen LogP contribution in [0.3, 0.4) is 0 Å². The van der Waals surface area contributed by atoms with Crippen LogP contribution >= 0.6 is 0 Å². The highest BCUT2D eigenvalue weighted by atomic mass is 16.9. The second-order valence-corrected chi connectivity index (χ2v) is 1.71. The molecule has 0 bridgehead atoms. The van der Waals surface area contributed by atoms with Crippen molar-refractivity contribution in [3.8, 4) is 0 Å². The quantitative estimate of drug-likeness (QED) is 0.501. The average Bonchev–Trinajstić information content (AvgIpc) is 2.04. The van der Waals surface area contributed by atoms with Gasteiger partial charge in [-0.2, -0.15) is 0 Å². The molecule has 0 aliphatic heterocycles. The molecule has 0 heterocycles. The van der Waals surface area contributed by atoms with Gasteiger partial charge in [-0.15, -0.1) is 0 Å². The van der Waals surface area contributed by atoms with Crippen molar-refractivity contribution in [1.82, 2.24) is 0 Å². The van der Waals surface area contributed by atoms with Crippen LogP contribution in [-0.2, 0) is 23.7 Å². The SMILES string of the molecule is COCC(OC)(OC)O[C]=O. The van der Waals surface area contributed by atoms with E-state index in [9.17, 15) is 4.79 Å². The third-order valence-electron chi connectivity index (χ3n) is 1.14. The van der Waals surface area contributed by atoms with Crippen LogP contribution in [0.4, 0.5) is 0 Å². The number of methoxy groups -OCH3 is 3. The molecule has 5 nitrogen and oxygen atoms in total. The van der Waals surface area contributed by atoms with E-state index in [2.05, 4.69) is 9.47 Å². The van der Waals surface area contributed by atoms with E-state index >= 15 is 0 Å². The van der Waals surface area contributed by atoms with Crippen LogP contribution in [0.15, 0.2) is 0 Å². The molecule has 0 aromatic rings. The summed E-state index contributed by atoms with van der Waals surface area (Å²) in [4.78, 5) is 9.85. The minimum absolute atomic E-state index is 0.00472. The van der Waals surface area contributed by atoms with Crippen LogP contribution in [0.1, 0.15) is 0 Å². The molecule has 0 N–H and O–H groups in total. The molecule has 5 heteroatoms. The molecule has 0 aromatic carbocycles. The Morgan fingerprint density at radius 1 is 1.27 bits per heavy atom. The van der Waals surface area contributed by atoms with Gasteiger partial charge in [-0.05, 0) is 0 Å². The number of rotatable bonds is 6. The van der Waals surface area contributed by atoms with Gasteiger partial charge in [0, 0.05) is 21.3 Å². The first-order valence-corrected chi connectivity index (χ1v) is 2.89. The molecular weight excluding hydrogens is 152 g/mol. The van der Waals surface area contributed by atoms with Gasteiger partial charge >= 0.3 is 12.4 Å². The highest BCUT2D eigenvalue weighted by Crippen LogP contribution is 2.11. The predicted molar refractivity (Wildman–Crippen MR) is 35.4 cm³/mol. The number of hydrogen-bond acceptors (Lipinski definition) is 5. The maximum absolute atomic E-state index is 9.85.